The Bertz CT molecular complexity index is 548. The molecule has 90 valence electrons. The summed E-state index contributed by atoms with van der Waals surface area (Å²) >= 11 is 0. The fourth-order valence-electron chi connectivity index (χ4n) is 1.51. The Morgan fingerprint density at radius 2 is 1.72 bits per heavy atom. The number of carbonyl (C=O) groups is 1. The molecule has 0 fully saturated rings. The summed E-state index contributed by atoms with van der Waals surface area (Å²) in [4.78, 5) is 11.8. The van der Waals surface area contributed by atoms with Crippen molar-refractivity contribution in [1.82, 2.24) is 0 Å². The summed E-state index contributed by atoms with van der Waals surface area (Å²) in [6.45, 7) is 0. The third-order valence-corrected chi connectivity index (χ3v) is 2.41. The lowest BCUT2D eigenvalue weighted by Gasteiger charge is -2.05. The predicted molar refractivity (Wildman–Crippen MR) is 70.2 cm³/mol. The quantitative estimate of drug-likeness (QED) is 0.492. The van der Waals surface area contributed by atoms with Gasteiger partial charge in [0.15, 0.2) is 0 Å². The van der Waals surface area contributed by atoms with Gasteiger partial charge < -0.3 is 10.5 Å². The molecule has 4 heteroatoms. The van der Waals surface area contributed by atoms with Gasteiger partial charge in [0.25, 0.3) is 5.91 Å². The fraction of sp³-hybridized carbons (Fsp3) is 0. The van der Waals surface area contributed by atoms with Crippen molar-refractivity contribution in [2.75, 3.05) is 5.32 Å². The van der Waals surface area contributed by atoms with Crippen molar-refractivity contribution in [2.24, 2.45) is 5.16 Å². The minimum absolute atomic E-state index is 0.154. The molecule has 0 spiro atoms. The van der Waals surface area contributed by atoms with Crippen LogP contribution in [-0.4, -0.2) is 17.3 Å². The number of anilines is 1. The minimum atomic E-state index is -0.154. The summed E-state index contributed by atoms with van der Waals surface area (Å²) in [6.07, 6.45) is 1.32. The molecular formula is C14H12N2O2. The van der Waals surface area contributed by atoms with Crippen LogP contribution in [0.3, 0.4) is 0 Å². The molecule has 0 unspecified atom stereocenters. The van der Waals surface area contributed by atoms with E-state index in [1.165, 1.54) is 6.21 Å². The number of amides is 1. The van der Waals surface area contributed by atoms with Gasteiger partial charge in [-0.05, 0) is 29.8 Å². The highest BCUT2D eigenvalue weighted by Gasteiger charge is 2.04. The number of rotatable bonds is 3. The highest BCUT2D eigenvalue weighted by atomic mass is 16.4. The first kappa shape index (κ1) is 11.9. The van der Waals surface area contributed by atoms with E-state index in [0.717, 1.165) is 5.56 Å². The molecule has 0 aliphatic heterocycles. The molecule has 2 N–H and O–H groups in total. The van der Waals surface area contributed by atoms with Gasteiger partial charge in [-0.3, -0.25) is 4.79 Å². The average Bonchev–Trinajstić information content (AvgIpc) is 2.42. The second-order valence-electron chi connectivity index (χ2n) is 3.69. The lowest BCUT2D eigenvalue weighted by molar-refractivity contribution is 0.102. The van der Waals surface area contributed by atoms with Crippen molar-refractivity contribution in [1.29, 1.82) is 0 Å². The Balaban J connectivity index is 2.08. The summed E-state index contributed by atoms with van der Waals surface area (Å²) in [7, 11) is 0. The summed E-state index contributed by atoms with van der Waals surface area (Å²) in [5.41, 5.74) is 2.06. The molecule has 0 aliphatic rings. The third kappa shape index (κ3) is 2.95. The lowest BCUT2D eigenvalue weighted by atomic mass is 10.2. The van der Waals surface area contributed by atoms with Gasteiger partial charge in [-0.2, -0.15) is 0 Å². The number of oxime groups is 1. The first-order chi connectivity index (χ1) is 8.79. The highest BCUT2D eigenvalue weighted by Crippen LogP contribution is 2.10. The number of carbonyl (C=O) groups excluding carboxylic acids is 1. The zero-order valence-electron chi connectivity index (χ0n) is 9.58. The van der Waals surface area contributed by atoms with Crippen LogP contribution in [0, 0.1) is 0 Å². The molecule has 0 saturated carbocycles. The maximum absolute atomic E-state index is 11.8. The number of hydrogen-bond donors (Lipinski definition) is 2. The Morgan fingerprint density at radius 1 is 1.06 bits per heavy atom. The van der Waals surface area contributed by atoms with Gasteiger partial charge in [-0.25, -0.2) is 0 Å². The molecule has 18 heavy (non-hydrogen) atoms. The van der Waals surface area contributed by atoms with Crippen LogP contribution in [0.15, 0.2) is 59.8 Å². The van der Waals surface area contributed by atoms with Gasteiger partial charge in [0.2, 0.25) is 0 Å². The molecule has 2 rings (SSSR count). The van der Waals surface area contributed by atoms with Crippen molar-refractivity contribution >= 4 is 17.8 Å². The van der Waals surface area contributed by atoms with Crippen LogP contribution >= 0.6 is 0 Å². The molecule has 2 aromatic carbocycles. The third-order valence-electron chi connectivity index (χ3n) is 2.41. The van der Waals surface area contributed by atoms with E-state index >= 15 is 0 Å². The predicted octanol–water partition coefficient (Wildman–Crippen LogP) is 2.75. The second-order valence-corrected chi connectivity index (χ2v) is 3.69. The minimum Gasteiger partial charge on any atom is -0.411 e. The molecule has 0 aromatic heterocycles. The van der Waals surface area contributed by atoms with Gasteiger partial charge >= 0.3 is 0 Å². The smallest absolute Gasteiger partial charge is 0.255 e. The van der Waals surface area contributed by atoms with Gasteiger partial charge in [-0.1, -0.05) is 35.5 Å². The van der Waals surface area contributed by atoms with Crippen molar-refractivity contribution in [2.45, 2.75) is 0 Å². The zero-order chi connectivity index (χ0) is 12.8. The van der Waals surface area contributed by atoms with E-state index < -0.39 is 0 Å². The van der Waals surface area contributed by atoms with E-state index in [-0.39, 0.29) is 5.91 Å². The molecule has 0 saturated heterocycles. The van der Waals surface area contributed by atoms with Gasteiger partial charge in [-0.15, -0.1) is 0 Å². The van der Waals surface area contributed by atoms with Crippen molar-refractivity contribution in [3.05, 3.63) is 65.7 Å². The van der Waals surface area contributed by atoms with Crippen LogP contribution in [-0.2, 0) is 0 Å². The van der Waals surface area contributed by atoms with Crippen molar-refractivity contribution in [3.8, 4) is 0 Å². The average molecular weight is 240 g/mol. The fourth-order valence-corrected chi connectivity index (χ4v) is 1.51. The lowest BCUT2D eigenvalue weighted by Crippen LogP contribution is -2.11. The number of nitrogens with one attached hydrogen (secondary N) is 1. The summed E-state index contributed by atoms with van der Waals surface area (Å²) in [5, 5.41) is 14.1. The normalized spacial score (nSPS) is 10.4. The number of benzene rings is 2. The van der Waals surface area contributed by atoms with E-state index in [2.05, 4.69) is 10.5 Å². The largest absolute Gasteiger partial charge is 0.411 e. The molecule has 0 heterocycles. The molecule has 0 aliphatic carbocycles. The number of hydrogen-bond acceptors (Lipinski definition) is 3. The van der Waals surface area contributed by atoms with Crippen LogP contribution < -0.4 is 5.32 Å². The van der Waals surface area contributed by atoms with E-state index in [1.54, 1.807) is 36.4 Å². The number of nitrogens with zero attached hydrogens (tertiary/aromatic N) is 1. The first-order valence-electron chi connectivity index (χ1n) is 5.43. The molecule has 4 nitrogen and oxygen atoms in total. The van der Waals surface area contributed by atoms with Crippen molar-refractivity contribution < 1.29 is 10.0 Å². The Labute approximate surface area is 105 Å². The standard InChI is InChI=1S/C14H12N2O2/c17-14(12-4-2-1-3-5-12)16-13-8-6-11(7-9-13)10-15-18/h1-10,18H,(H,16,17)/b15-10+. The van der Waals surface area contributed by atoms with Crippen LogP contribution in [0.5, 0.6) is 0 Å². The van der Waals surface area contributed by atoms with Crippen LogP contribution in [0.25, 0.3) is 0 Å². The topological polar surface area (TPSA) is 61.7 Å². The molecule has 2 aromatic rings. The molecule has 0 bridgehead atoms. The first-order valence-corrected chi connectivity index (χ1v) is 5.43. The van der Waals surface area contributed by atoms with E-state index in [9.17, 15) is 4.79 Å². The molecule has 0 atom stereocenters. The molecular weight excluding hydrogens is 228 g/mol. The summed E-state index contributed by atoms with van der Waals surface area (Å²) < 4.78 is 0. The molecule has 0 radical (unpaired) electrons. The highest BCUT2D eigenvalue weighted by molar-refractivity contribution is 6.04. The SMILES string of the molecule is O=C(Nc1ccc(/C=N/O)cc1)c1ccccc1. The Morgan fingerprint density at radius 3 is 2.33 bits per heavy atom. The maximum Gasteiger partial charge on any atom is 0.255 e. The summed E-state index contributed by atoms with van der Waals surface area (Å²) in [5.74, 6) is -0.154. The van der Waals surface area contributed by atoms with E-state index in [1.807, 2.05) is 18.2 Å². The Kier molecular flexibility index (Phi) is 3.71. The van der Waals surface area contributed by atoms with E-state index in [4.69, 9.17) is 5.21 Å². The Hall–Kier alpha value is -2.62. The second kappa shape index (κ2) is 5.63. The maximum atomic E-state index is 11.8. The van der Waals surface area contributed by atoms with Crippen LogP contribution in [0.2, 0.25) is 0 Å². The zero-order valence-corrected chi connectivity index (χ0v) is 9.58. The van der Waals surface area contributed by atoms with Crippen LogP contribution in [0.4, 0.5) is 5.69 Å². The monoisotopic (exact) mass is 240 g/mol. The molecule has 1 amide bonds. The summed E-state index contributed by atoms with van der Waals surface area (Å²) in [6, 6.07) is 16.0. The van der Waals surface area contributed by atoms with Crippen LogP contribution in [0.1, 0.15) is 15.9 Å². The van der Waals surface area contributed by atoms with Gasteiger partial charge in [0.1, 0.15) is 0 Å². The van der Waals surface area contributed by atoms with Gasteiger partial charge in [0, 0.05) is 11.3 Å². The van der Waals surface area contributed by atoms with Crippen molar-refractivity contribution in [3.63, 3.8) is 0 Å². The van der Waals surface area contributed by atoms with E-state index in [0.29, 0.717) is 11.3 Å². The van der Waals surface area contributed by atoms with Gasteiger partial charge in [0.05, 0.1) is 6.21 Å².